The highest BCUT2D eigenvalue weighted by Crippen LogP contribution is 2.35. The van der Waals surface area contributed by atoms with Crippen LogP contribution in [0.1, 0.15) is 18.9 Å². The molecule has 1 heterocycles. The highest BCUT2D eigenvalue weighted by molar-refractivity contribution is 6.33. The molecular weight excluding hydrogens is 356 g/mol. The number of nitrogens with one attached hydrogen (secondary N) is 1. The van der Waals surface area contributed by atoms with Gasteiger partial charge in [-0.05, 0) is 31.5 Å². The van der Waals surface area contributed by atoms with Gasteiger partial charge in [-0.1, -0.05) is 71.8 Å². The molecule has 2 aromatic carbocycles. The second kappa shape index (κ2) is 8.60. The molecular formula is C22H21ClN4. The number of allylic oxidation sites excluding steroid dienone is 1. The second-order valence-corrected chi connectivity index (χ2v) is 6.83. The molecule has 0 unspecified atom stereocenters. The van der Waals surface area contributed by atoms with E-state index in [2.05, 4.69) is 58.5 Å². The fraction of sp³-hybridized carbons (Fsp3) is 0.136. The molecule has 0 atom stereocenters. The molecule has 0 aliphatic rings. The first-order valence-electron chi connectivity index (χ1n) is 8.66. The third-order valence-corrected chi connectivity index (χ3v) is 4.33. The number of aromatic nitrogens is 2. The number of benzene rings is 2. The van der Waals surface area contributed by atoms with Crippen LogP contribution in [0.15, 0.2) is 71.9 Å². The molecule has 3 aromatic rings. The van der Waals surface area contributed by atoms with Crippen molar-refractivity contribution >= 4 is 23.6 Å². The zero-order chi connectivity index (χ0) is 19.2. The Labute approximate surface area is 164 Å². The number of hydrazone groups is 1. The predicted molar refractivity (Wildman–Crippen MR) is 114 cm³/mol. The number of nitrogens with zero attached hydrogens (tertiary/aromatic N) is 3. The molecule has 0 fully saturated rings. The first-order chi connectivity index (χ1) is 13.0. The Hall–Kier alpha value is -2.98. The van der Waals surface area contributed by atoms with Crippen LogP contribution in [0.5, 0.6) is 0 Å². The SMILES string of the molecule is C=C(C)C/C=N/Nc1cc(-c2ccc(C)cc2)c(-c2ccccc2Cl)nn1. The van der Waals surface area contributed by atoms with Gasteiger partial charge in [0.2, 0.25) is 0 Å². The monoisotopic (exact) mass is 376 g/mol. The van der Waals surface area contributed by atoms with Gasteiger partial charge < -0.3 is 0 Å². The van der Waals surface area contributed by atoms with E-state index in [4.69, 9.17) is 11.6 Å². The zero-order valence-electron chi connectivity index (χ0n) is 15.4. The maximum absolute atomic E-state index is 6.40. The van der Waals surface area contributed by atoms with Crippen LogP contribution in [0.3, 0.4) is 0 Å². The Bertz CT molecular complexity index is 978. The Morgan fingerprint density at radius 3 is 2.56 bits per heavy atom. The van der Waals surface area contributed by atoms with E-state index in [1.807, 2.05) is 37.3 Å². The van der Waals surface area contributed by atoms with Gasteiger partial charge in [0.15, 0.2) is 5.82 Å². The fourth-order valence-corrected chi connectivity index (χ4v) is 2.79. The molecule has 0 spiro atoms. The maximum Gasteiger partial charge on any atom is 0.169 e. The highest BCUT2D eigenvalue weighted by atomic mass is 35.5. The zero-order valence-corrected chi connectivity index (χ0v) is 16.2. The average Bonchev–Trinajstić information content (AvgIpc) is 2.66. The number of rotatable bonds is 6. The van der Waals surface area contributed by atoms with Crippen molar-refractivity contribution in [3.8, 4) is 22.4 Å². The summed E-state index contributed by atoms with van der Waals surface area (Å²) in [4.78, 5) is 0. The van der Waals surface area contributed by atoms with Crippen molar-refractivity contribution in [3.05, 3.63) is 77.3 Å². The fourth-order valence-electron chi connectivity index (χ4n) is 2.56. The molecule has 1 aromatic heterocycles. The second-order valence-electron chi connectivity index (χ2n) is 6.42. The Kier molecular flexibility index (Phi) is 5.99. The van der Waals surface area contributed by atoms with E-state index < -0.39 is 0 Å². The van der Waals surface area contributed by atoms with Crippen LogP contribution in [0.2, 0.25) is 5.02 Å². The summed E-state index contributed by atoms with van der Waals surface area (Å²) in [6, 6.07) is 17.9. The lowest BCUT2D eigenvalue weighted by Gasteiger charge is -2.11. The maximum atomic E-state index is 6.40. The molecule has 136 valence electrons. The Morgan fingerprint density at radius 2 is 1.85 bits per heavy atom. The highest BCUT2D eigenvalue weighted by Gasteiger charge is 2.14. The number of aryl methyl sites for hydroxylation is 1. The first-order valence-corrected chi connectivity index (χ1v) is 9.04. The normalized spacial score (nSPS) is 10.9. The summed E-state index contributed by atoms with van der Waals surface area (Å²) >= 11 is 6.40. The van der Waals surface area contributed by atoms with Crippen LogP contribution >= 0.6 is 11.6 Å². The molecule has 0 aliphatic heterocycles. The quantitative estimate of drug-likeness (QED) is 0.319. The molecule has 27 heavy (non-hydrogen) atoms. The number of anilines is 1. The van der Waals surface area contributed by atoms with Gasteiger partial charge in [0.25, 0.3) is 0 Å². The molecule has 0 saturated carbocycles. The van der Waals surface area contributed by atoms with Crippen molar-refractivity contribution in [2.45, 2.75) is 20.3 Å². The molecule has 0 aliphatic carbocycles. The van der Waals surface area contributed by atoms with Crippen LogP contribution in [0.25, 0.3) is 22.4 Å². The van der Waals surface area contributed by atoms with Crippen LogP contribution < -0.4 is 5.43 Å². The van der Waals surface area contributed by atoms with Gasteiger partial charge in [0, 0.05) is 23.8 Å². The lowest BCUT2D eigenvalue weighted by atomic mass is 9.99. The standard InChI is InChI=1S/C22H21ClN4/c1-15(2)12-13-24-25-21-14-19(17-10-8-16(3)9-11-17)22(27-26-21)18-6-4-5-7-20(18)23/h4-11,13-14H,1,12H2,2-3H3,(H,25,26)/b24-13+. The van der Waals surface area contributed by atoms with Gasteiger partial charge in [0.05, 0.1) is 5.02 Å². The van der Waals surface area contributed by atoms with Gasteiger partial charge >= 0.3 is 0 Å². The van der Waals surface area contributed by atoms with Crippen molar-refractivity contribution in [2.75, 3.05) is 5.43 Å². The number of halogens is 1. The largest absolute Gasteiger partial charge is 0.260 e. The van der Waals surface area contributed by atoms with E-state index in [1.165, 1.54) is 5.56 Å². The van der Waals surface area contributed by atoms with Crippen molar-refractivity contribution in [1.29, 1.82) is 0 Å². The summed E-state index contributed by atoms with van der Waals surface area (Å²) in [5, 5.41) is 13.5. The minimum atomic E-state index is 0.569. The summed E-state index contributed by atoms with van der Waals surface area (Å²) in [6.07, 6.45) is 2.47. The molecule has 1 N–H and O–H groups in total. The van der Waals surface area contributed by atoms with Crippen LogP contribution in [-0.4, -0.2) is 16.4 Å². The van der Waals surface area contributed by atoms with E-state index in [9.17, 15) is 0 Å². The molecule has 0 bridgehead atoms. The van der Waals surface area contributed by atoms with Crippen molar-refractivity contribution in [3.63, 3.8) is 0 Å². The van der Waals surface area contributed by atoms with Gasteiger partial charge in [-0.25, -0.2) is 0 Å². The van der Waals surface area contributed by atoms with E-state index in [0.29, 0.717) is 17.3 Å². The molecule has 0 radical (unpaired) electrons. The van der Waals surface area contributed by atoms with E-state index >= 15 is 0 Å². The summed E-state index contributed by atoms with van der Waals surface area (Å²) in [5.41, 5.74) is 8.74. The number of hydrogen-bond donors (Lipinski definition) is 1. The lowest BCUT2D eigenvalue weighted by molar-refractivity contribution is 1.03. The Morgan fingerprint density at radius 1 is 1.11 bits per heavy atom. The van der Waals surface area contributed by atoms with Gasteiger partial charge in [-0.2, -0.15) is 5.10 Å². The van der Waals surface area contributed by atoms with E-state index in [-0.39, 0.29) is 0 Å². The molecule has 3 rings (SSSR count). The lowest BCUT2D eigenvalue weighted by Crippen LogP contribution is -1.99. The Balaban J connectivity index is 2.03. The minimum Gasteiger partial charge on any atom is -0.260 e. The topological polar surface area (TPSA) is 50.2 Å². The van der Waals surface area contributed by atoms with Crippen molar-refractivity contribution < 1.29 is 0 Å². The van der Waals surface area contributed by atoms with Crippen LogP contribution in [0.4, 0.5) is 5.82 Å². The van der Waals surface area contributed by atoms with E-state index in [0.717, 1.165) is 28.0 Å². The number of hydrogen-bond acceptors (Lipinski definition) is 4. The van der Waals surface area contributed by atoms with Crippen molar-refractivity contribution in [1.82, 2.24) is 10.2 Å². The van der Waals surface area contributed by atoms with E-state index in [1.54, 1.807) is 6.21 Å². The summed E-state index contributed by atoms with van der Waals surface area (Å²) in [5.74, 6) is 0.569. The first kappa shape index (κ1) is 18.8. The van der Waals surface area contributed by atoms with Gasteiger partial charge in [0.1, 0.15) is 5.69 Å². The van der Waals surface area contributed by atoms with Crippen molar-refractivity contribution in [2.24, 2.45) is 5.10 Å². The summed E-state index contributed by atoms with van der Waals surface area (Å²) < 4.78 is 0. The molecule has 0 amide bonds. The molecule has 5 heteroatoms. The molecule has 0 saturated heterocycles. The summed E-state index contributed by atoms with van der Waals surface area (Å²) in [7, 11) is 0. The van der Waals surface area contributed by atoms with Gasteiger partial charge in [-0.3, -0.25) is 5.43 Å². The minimum absolute atomic E-state index is 0.569. The third kappa shape index (κ3) is 4.80. The summed E-state index contributed by atoms with van der Waals surface area (Å²) in [6.45, 7) is 7.87. The van der Waals surface area contributed by atoms with Crippen LogP contribution in [-0.2, 0) is 0 Å². The average molecular weight is 377 g/mol. The third-order valence-electron chi connectivity index (χ3n) is 4.00. The predicted octanol–water partition coefficient (Wildman–Crippen LogP) is 6.14. The smallest absolute Gasteiger partial charge is 0.169 e. The molecule has 4 nitrogen and oxygen atoms in total. The van der Waals surface area contributed by atoms with Gasteiger partial charge in [-0.15, -0.1) is 10.2 Å². The van der Waals surface area contributed by atoms with Crippen LogP contribution in [0, 0.1) is 6.92 Å².